The Balaban J connectivity index is 1.85. The first-order valence-corrected chi connectivity index (χ1v) is 8.17. The highest BCUT2D eigenvalue weighted by atomic mass is 32.1. The fourth-order valence-electron chi connectivity index (χ4n) is 1.88. The summed E-state index contributed by atoms with van der Waals surface area (Å²) in [4.78, 5) is 35.7. The monoisotopic (exact) mass is 347 g/mol. The third kappa shape index (κ3) is 4.66. The zero-order valence-corrected chi connectivity index (χ0v) is 14.1. The molecule has 0 bridgehead atoms. The fraction of sp³-hybridized carbons (Fsp3) is 0.235. The van der Waals surface area contributed by atoms with Gasteiger partial charge >= 0.3 is 11.9 Å². The van der Waals surface area contributed by atoms with Gasteiger partial charge in [-0.1, -0.05) is 0 Å². The summed E-state index contributed by atoms with van der Waals surface area (Å²) in [5, 5.41) is 4.38. The van der Waals surface area contributed by atoms with Crippen LogP contribution in [0.4, 0.5) is 5.69 Å². The SMILES string of the molecule is CCOC(=O)c1ccc(NC(=O)COC(=O)c2sccc2C)cc1. The molecule has 1 aromatic carbocycles. The van der Waals surface area contributed by atoms with Crippen molar-refractivity contribution in [2.45, 2.75) is 13.8 Å². The largest absolute Gasteiger partial charge is 0.462 e. The van der Waals surface area contributed by atoms with E-state index in [0.717, 1.165) is 5.56 Å². The van der Waals surface area contributed by atoms with Crippen LogP contribution in [0, 0.1) is 6.92 Å². The van der Waals surface area contributed by atoms with Crippen LogP contribution in [0.3, 0.4) is 0 Å². The lowest BCUT2D eigenvalue weighted by molar-refractivity contribution is -0.119. The topological polar surface area (TPSA) is 81.7 Å². The second-order valence-corrected chi connectivity index (χ2v) is 5.77. The number of nitrogens with one attached hydrogen (secondary N) is 1. The van der Waals surface area contributed by atoms with Crippen LogP contribution in [-0.2, 0) is 14.3 Å². The number of amides is 1. The molecule has 0 aliphatic heterocycles. The Morgan fingerprint density at radius 2 is 1.75 bits per heavy atom. The van der Waals surface area contributed by atoms with E-state index >= 15 is 0 Å². The molecule has 0 atom stereocenters. The predicted octanol–water partition coefficient (Wildman–Crippen LogP) is 3.03. The number of rotatable bonds is 6. The van der Waals surface area contributed by atoms with E-state index in [2.05, 4.69) is 5.32 Å². The Labute approximate surface area is 143 Å². The van der Waals surface area contributed by atoms with Crippen molar-refractivity contribution < 1.29 is 23.9 Å². The van der Waals surface area contributed by atoms with Gasteiger partial charge in [0.05, 0.1) is 12.2 Å². The molecule has 2 rings (SSSR count). The molecule has 0 saturated heterocycles. The molecule has 1 aromatic heterocycles. The zero-order valence-electron chi connectivity index (χ0n) is 13.3. The Kier molecular flexibility index (Phi) is 6.08. The Morgan fingerprint density at radius 1 is 1.04 bits per heavy atom. The van der Waals surface area contributed by atoms with Crippen molar-refractivity contribution in [2.24, 2.45) is 0 Å². The molecule has 1 heterocycles. The third-order valence-electron chi connectivity index (χ3n) is 3.06. The predicted molar refractivity (Wildman–Crippen MR) is 90.4 cm³/mol. The second kappa shape index (κ2) is 8.26. The van der Waals surface area contributed by atoms with Crippen LogP contribution in [0.2, 0.25) is 0 Å². The quantitative estimate of drug-likeness (QED) is 0.812. The highest BCUT2D eigenvalue weighted by Gasteiger charge is 2.14. The lowest BCUT2D eigenvalue weighted by atomic mass is 10.2. The average molecular weight is 347 g/mol. The van der Waals surface area contributed by atoms with E-state index in [-0.39, 0.29) is 6.61 Å². The van der Waals surface area contributed by atoms with E-state index in [1.807, 2.05) is 6.07 Å². The number of thiophene rings is 1. The van der Waals surface area contributed by atoms with Crippen LogP contribution in [0.1, 0.15) is 32.5 Å². The maximum absolute atomic E-state index is 11.8. The van der Waals surface area contributed by atoms with Crippen LogP contribution in [0.5, 0.6) is 0 Å². The molecule has 0 aliphatic rings. The first kappa shape index (κ1) is 17.7. The van der Waals surface area contributed by atoms with Gasteiger partial charge in [-0.2, -0.15) is 0 Å². The van der Waals surface area contributed by atoms with Crippen LogP contribution < -0.4 is 5.32 Å². The van der Waals surface area contributed by atoms with Crippen molar-refractivity contribution in [1.82, 2.24) is 0 Å². The average Bonchev–Trinajstić information content (AvgIpc) is 2.99. The van der Waals surface area contributed by atoms with Gasteiger partial charge in [-0.15, -0.1) is 11.3 Å². The lowest BCUT2D eigenvalue weighted by Gasteiger charge is -2.07. The van der Waals surface area contributed by atoms with Crippen molar-refractivity contribution >= 4 is 34.9 Å². The van der Waals surface area contributed by atoms with Gasteiger partial charge in [0.1, 0.15) is 4.88 Å². The van der Waals surface area contributed by atoms with Crippen molar-refractivity contribution in [1.29, 1.82) is 0 Å². The molecular weight excluding hydrogens is 330 g/mol. The number of esters is 2. The molecule has 0 aliphatic carbocycles. The lowest BCUT2D eigenvalue weighted by Crippen LogP contribution is -2.20. The number of hydrogen-bond acceptors (Lipinski definition) is 6. The Bertz CT molecular complexity index is 736. The summed E-state index contributed by atoms with van der Waals surface area (Å²) < 4.78 is 9.86. The first-order chi connectivity index (χ1) is 11.5. The van der Waals surface area contributed by atoms with Crippen molar-refractivity contribution in [3.8, 4) is 0 Å². The maximum Gasteiger partial charge on any atom is 0.349 e. The van der Waals surface area contributed by atoms with Gasteiger partial charge in [-0.3, -0.25) is 4.79 Å². The Morgan fingerprint density at radius 3 is 2.33 bits per heavy atom. The number of aryl methyl sites for hydroxylation is 1. The minimum Gasteiger partial charge on any atom is -0.462 e. The molecule has 126 valence electrons. The van der Waals surface area contributed by atoms with E-state index < -0.39 is 17.8 Å². The molecule has 0 saturated carbocycles. The third-order valence-corrected chi connectivity index (χ3v) is 4.06. The van der Waals surface area contributed by atoms with Crippen molar-refractivity contribution in [3.63, 3.8) is 0 Å². The van der Waals surface area contributed by atoms with Gasteiger partial charge in [0, 0.05) is 5.69 Å². The number of ether oxygens (including phenoxy) is 2. The van der Waals surface area contributed by atoms with E-state index in [0.29, 0.717) is 22.7 Å². The summed E-state index contributed by atoms with van der Waals surface area (Å²) in [5.74, 6) is -1.40. The summed E-state index contributed by atoms with van der Waals surface area (Å²) in [5.41, 5.74) is 1.71. The zero-order chi connectivity index (χ0) is 17.5. The summed E-state index contributed by atoms with van der Waals surface area (Å²) in [6.45, 7) is 3.45. The number of anilines is 1. The van der Waals surface area contributed by atoms with Crippen molar-refractivity contribution in [2.75, 3.05) is 18.5 Å². The van der Waals surface area contributed by atoms with Gasteiger partial charge in [0.25, 0.3) is 5.91 Å². The molecular formula is C17H17NO5S. The van der Waals surface area contributed by atoms with Crippen LogP contribution in [0.25, 0.3) is 0 Å². The van der Waals surface area contributed by atoms with E-state index in [4.69, 9.17) is 9.47 Å². The van der Waals surface area contributed by atoms with E-state index in [1.54, 1.807) is 43.5 Å². The van der Waals surface area contributed by atoms with Gasteiger partial charge in [-0.05, 0) is 55.1 Å². The molecule has 1 amide bonds. The van der Waals surface area contributed by atoms with Gasteiger partial charge in [-0.25, -0.2) is 9.59 Å². The van der Waals surface area contributed by atoms with Gasteiger partial charge in [0.15, 0.2) is 6.61 Å². The van der Waals surface area contributed by atoms with Crippen LogP contribution >= 0.6 is 11.3 Å². The summed E-state index contributed by atoms with van der Waals surface area (Å²) in [6, 6.07) is 8.07. The fourth-order valence-corrected chi connectivity index (χ4v) is 2.70. The highest BCUT2D eigenvalue weighted by Crippen LogP contribution is 2.16. The highest BCUT2D eigenvalue weighted by molar-refractivity contribution is 7.12. The molecule has 6 nitrogen and oxygen atoms in total. The first-order valence-electron chi connectivity index (χ1n) is 7.29. The van der Waals surface area contributed by atoms with E-state index in [1.165, 1.54) is 11.3 Å². The number of carbonyl (C=O) groups is 3. The van der Waals surface area contributed by atoms with Crippen LogP contribution in [0.15, 0.2) is 35.7 Å². The molecule has 24 heavy (non-hydrogen) atoms. The Hall–Kier alpha value is -2.67. The number of benzene rings is 1. The van der Waals surface area contributed by atoms with Gasteiger partial charge in [0.2, 0.25) is 0 Å². The second-order valence-electron chi connectivity index (χ2n) is 4.85. The number of carbonyl (C=O) groups excluding carboxylic acids is 3. The smallest absolute Gasteiger partial charge is 0.349 e. The molecule has 0 unspecified atom stereocenters. The normalized spacial score (nSPS) is 10.1. The van der Waals surface area contributed by atoms with Crippen molar-refractivity contribution in [3.05, 3.63) is 51.7 Å². The minimum atomic E-state index is -0.518. The summed E-state index contributed by atoms with van der Waals surface area (Å²) >= 11 is 1.27. The standard InChI is InChI=1S/C17H17NO5S/c1-3-22-16(20)12-4-6-13(7-5-12)18-14(19)10-23-17(21)15-11(2)8-9-24-15/h4-9H,3,10H2,1-2H3,(H,18,19). The minimum absolute atomic E-state index is 0.298. The molecule has 0 fully saturated rings. The molecule has 1 N–H and O–H groups in total. The maximum atomic E-state index is 11.8. The summed E-state index contributed by atoms with van der Waals surface area (Å²) in [6.07, 6.45) is 0. The molecule has 2 aromatic rings. The molecule has 0 spiro atoms. The molecule has 0 radical (unpaired) electrons. The van der Waals surface area contributed by atoms with Gasteiger partial charge < -0.3 is 14.8 Å². The van der Waals surface area contributed by atoms with E-state index in [9.17, 15) is 14.4 Å². The number of hydrogen-bond donors (Lipinski definition) is 1. The van der Waals surface area contributed by atoms with Crippen LogP contribution in [-0.4, -0.2) is 31.1 Å². The summed E-state index contributed by atoms with van der Waals surface area (Å²) in [7, 11) is 0. The molecule has 7 heteroatoms.